The van der Waals surface area contributed by atoms with Crippen molar-refractivity contribution in [3.8, 4) is 11.5 Å². The average Bonchev–Trinajstić information content (AvgIpc) is 2.76. The maximum atomic E-state index is 12.5. The van der Waals surface area contributed by atoms with E-state index in [0.29, 0.717) is 31.3 Å². The fourth-order valence-corrected chi connectivity index (χ4v) is 3.99. The van der Waals surface area contributed by atoms with Gasteiger partial charge < -0.3 is 19.5 Å². The summed E-state index contributed by atoms with van der Waals surface area (Å²) in [6.45, 7) is 1.97. The third-order valence-electron chi connectivity index (χ3n) is 5.32. The molecule has 1 saturated heterocycles. The van der Waals surface area contributed by atoms with Crippen molar-refractivity contribution < 1.29 is 19.0 Å². The van der Waals surface area contributed by atoms with Gasteiger partial charge in [-0.2, -0.15) is 0 Å². The van der Waals surface area contributed by atoms with Crippen molar-refractivity contribution in [3.05, 3.63) is 64.1 Å². The second-order valence-electron chi connectivity index (χ2n) is 7.07. The Morgan fingerprint density at radius 1 is 1.14 bits per heavy atom. The van der Waals surface area contributed by atoms with Gasteiger partial charge >= 0.3 is 0 Å². The molecule has 1 heterocycles. The van der Waals surface area contributed by atoms with E-state index in [2.05, 4.69) is 33.4 Å². The molecule has 29 heavy (non-hydrogen) atoms. The summed E-state index contributed by atoms with van der Waals surface area (Å²) in [5.41, 5.74) is 1.97. The molecule has 0 radical (unpaired) electrons. The number of hydrogen-bond donors (Lipinski definition) is 1. The summed E-state index contributed by atoms with van der Waals surface area (Å²) < 4.78 is 17.2. The third kappa shape index (κ3) is 5.40. The Balaban J connectivity index is 1.68. The standard InChI is InChI=1S/C23H26BrNO4/c1-27-20-8-6-17(14-21(20)28-2)7-9-22(26)25-16-23(10-12-29-13-11-23)18-4-3-5-19(24)15-18/h3-9,14-15H,10-13,16H2,1-2H3,(H,25,26)/b9-7+. The number of benzene rings is 2. The summed E-state index contributed by atoms with van der Waals surface area (Å²) >= 11 is 3.56. The minimum absolute atomic E-state index is 0.116. The predicted octanol–water partition coefficient (Wildman–Crippen LogP) is 4.34. The number of carbonyl (C=O) groups excluding carboxylic acids is 1. The van der Waals surface area contributed by atoms with Crippen LogP contribution >= 0.6 is 15.9 Å². The van der Waals surface area contributed by atoms with Crippen molar-refractivity contribution in [2.24, 2.45) is 0 Å². The van der Waals surface area contributed by atoms with E-state index in [1.807, 2.05) is 30.3 Å². The highest BCUT2D eigenvalue weighted by Crippen LogP contribution is 2.35. The Morgan fingerprint density at radius 2 is 1.90 bits per heavy atom. The first kappa shape index (κ1) is 21.4. The number of nitrogens with one attached hydrogen (secondary N) is 1. The van der Waals surface area contributed by atoms with Crippen LogP contribution in [0.4, 0.5) is 0 Å². The van der Waals surface area contributed by atoms with E-state index < -0.39 is 0 Å². The maximum Gasteiger partial charge on any atom is 0.244 e. The van der Waals surface area contributed by atoms with Crippen LogP contribution in [-0.2, 0) is 14.9 Å². The van der Waals surface area contributed by atoms with Gasteiger partial charge in [0.1, 0.15) is 0 Å². The van der Waals surface area contributed by atoms with Gasteiger partial charge in [-0.15, -0.1) is 0 Å². The molecule has 0 aromatic heterocycles. The highest BCUT2D eigenvalue weighted by molar-refractivity contribution is 9.10. The number of rotatable bonds is 7. The van der Waals surface area contributed by atoms with Crippen molar-refractivity contribution in [1.82, 2.24) is 5.32 Å². The van der Waals surface area contributed by atoms with Crippen molar-refractivity contribution in [3.63, 3.8) is 0 Å². The minimum Gasteiger partial charge on any atom is -0.493 e. The quantitative estimate of drug-likeness (QED) is 0.625. The van der Waals surface area contributed by atoms with Gasteiger partial charge in [0.15, 0.2) is 11.5 Å². The van der Waals surface area contributed by atoms with Crippen LogP contribution in [0.5, 0.6) is 11.5 Å². The lowest BCUT2D eigenvalue weighted by Gasteiger charge is -2.38. The zero-order valence-electron chi connectivity index (χ0n) is 16.7. The van der Waals surface area contributed by atoms with E-state index in [9.17, 15) is 4.79 Å². The molecule has 1 N–H and O–H groups in total. The van der Waals surface area contributed by atoms with E-state index in [4.69, 9.17) is 14.2 Å². The van der Waals surface area contributed by atoms with Gasteiger partial charge in [-0.25, -0.2) is 0 Å². The van der Waals surface area contributed by atoms with E-state index in [-0.39, 0.29) is 11.3 Å². The van der Waals surface area contributed by atoms with Crippen LogP contribution in [0, 0.1) is 0 Å². The molecule has 1 aliphatic rings. The molecule has 3 rings (SSSR count). The Kier molecular flexibility index (Phi) is 7.34. The first-order valence-electron chi connectivity index (χ1n) is 9.58. The molecule has 0 aliphatic carbocycles. The molecule has 154 valence electrons. The lowest BCUT2D eigenvalue weighted by molar-refractivity contribution is -0.116. The minimum atomic E-state index is -0.124. The van der Waals surface area contributed by atoms with Gasteiger partial charge in [0.2, 0.25) is 5.91 Å². The Bertz CT molecular complexity index is 875. The first-order chi connectivity index (χ1) is 14.1. The molecule has 1 fully saturated rings. The molecule has 0 unspecified atom stereocenters. The molecule has 2 aromatic carbocycles. The van der Waals surface area contributed by atoms with Gasteiger partial charge in [0.25, 0.3) is 0 Å². The monoisotopic (exact) mass is 459 g/mol. The van der Waals surface area contributed by atoms with Crippen molar-refractivity contribution >= 4 is 27.9 Å². The van der Waals surface area contributed by atoms with Crippen LogP contribution < -0.4 is 14.8 Å². The van der Waals surface area contributed by atoms with E-state index in [1.165, 1.54) is 5.56 Å². The number of methoxy groups -OCH3 is 2. The van der Waals surface area contributed by atoms with Gasteiger partial charge in [-0.3, -0.25) is 4.79 Å². The molecular formula is C23H26BrNO4. The van der Waals surface area contributed by atoms with Crippen LogP contribution in [0.2, 0.25) is 0 Å². The molecule has 5 nitrogen and oxygen atoms in total. The van der Waals surface area contributed by atoms with Crippen LogP contribution in [0.1, 0.15) is 24.0 Å². The molecule has 1 aliphatic heterocycles. The Hall–Kier alpha value is -2.31. The Morgan fingerprint density at radius 3 is 2.59 bits per heavy atom. The van der Waals surface area contributed by atoms with Gasteiger partial charge in [-0.05, 0) is 54.3 Å². The average molecular weight is 460 g/mol. The number of carbonyl (C=O) groups is 1. The number of ether oxygens (including phenoxy) is 3. The summed E-state index contributed by atoms with van der Waals surface area (Å²) in [4.78, 5) is 12.5. The van der Waals surface area contributed by atoms with E-state index >= 15 is 0 Å². The van der Waals surface area contributed by atoms with E-state index in [0.717, 1.165) is 22.9 Å². The molecule has 0 spiro atoms. The zero-order chi connectivity index (χ0) is 20.7. The molecule has 2 aromatic rings. The summed E-state index contributed by atoms with van der Waals surface area (Å²) in [5.74, 6) is 1.16. The molecule has 1 amide bonds. The van der Waals surface area contributed by atoms with Crippen molar-refractivity contribution in [1.29, 1.82) is 0 Å². The van der Waals surface area contributed by atoms with Gasteiger partial charge in [-0.1, -0.05) is 34.1 Å². The maximum absolute atomic E-state index is 12.5. The van der Waals surface area contributed by atoms with Crippen molar-refractivity contribution in [2.45, 2.75) is 18.3 Å². The molecule has 6 heteroatoms. The third-order valence-corrected chi connectivity index (χ3v) is 5.82. The number of amides is 1. The smallest absolute Gasteiger partial charge is 0.244 e. The normalized spacial score (nSPS) is 15.8. The summed E-state index contributed by atoms with van der Waals surface area (Å²) in [6.07, 6.45) is 5.08. The highest BCUT2D eigenvalue weighted by Gasteiger charge is 2.34. The van der Waals surface area contributed by atoms with Crippen LogP contribution in [-0.4, -0.2) is 39.9 Å². The molecular weight excluding hydrogens is 434 g/mol. The summed E-state index contributed by atoms with van der Waals surface area (Å²) in [6, 6.07) is 13.9. The highest BCUT2D eigenvalue weighted by atomic mass is 79.9. The van der Waals surface area contributed by atoms with Crippen LogP contribution in [0.15, 0.2) is 53.0 Å². The Labute approximate surface area is 180 Å². The van der Waals surface area contributed by atoms with Gasteiger partial charge in [0, 0.05) is 35.7 Å². The topological polar surface area (TPSA) is 56.8 Å². The lowest BCUT2D eigenvalue weighted by atomic mass is 9.74. The first-order valence-corrected chi connectivity index (χ1v) is 10.4. The number of hydrogen-bond acceptors (Lipinski definition) is 4. The second kappa shape index (κ2) is 9.94. The fraction of sp³-hybridized carbons (Fsp3) is 0.348. The van der Waals surface area contributed by atoms with Crippen LogP contribution in [0.25, 0.3) is 6.08 Å². The van der Waals surface area contributed by atoms with Gasteiger partial charge in [0.05, 0.1) is 14.2 Å². The fourth-order valence-electron chi connectivity index (χ4n) is 3.59. The van der Waals surface area contributed by atoms with Crippen molar-refractivity contribution in [2.75, 3.05) is 34.0 Å². The zero-order valence-corrected chi connectivity index (χ0v) is 18.3. The van der Waals surface area contributed by atoms with E-state index in [1.54, 1.807) is 26.4 Å². The summed E-state index contributed by atoms with van der Waals surface area (Å²) in [5, 5.41) is 3.08. The largest absolute Gasteiger partial charge is 0.493 e. The SMILES string of the molecule is COc1ccc(/C=C/C(=O)NCC2(c3cccc(Br)c3)CCOCC2)cc1OC. The predicted molar refractivity (Wildman–Crippen MR) is 117 cm³/mol. The lowest BCUT2D eigenvalue weighted by Crippen LogP contribution is -2.44. The molecule has 0 saturated carbocycles. The number of halogens is 1. The molecule has 0 atom stereocenters. The second-order valence-corrected chi connectivity index (χ2v) is 7.98. The van der Waals surface area contributed by atoms with Crippen LogP contribution in [0.3, 0.4) is 0 Å². The molecule has 0 bridgehead atoms. The summed E-state index contributed by atoms with van der Waals surface area (Å²) in [7, 11) is 3.19.